The first kappa shape index (κ1) is 11.1. The van der Waals surface area contributed by atoms with Crippen molar-refractivity contribution in [2.75, 3.05) is 11.5 Å². The highest BCUT2D eigenvalue weighted by Gasteiger charge is 2.27. The Bertz CT molecular complexity index is 557. The fourth-order valence-electron chi connectivity index (χ4n) is 2.70. The van der Waals surface area contributed by atoms with Gasteiger partial charge in [-0.2, -0.15) is 4.98 Å². The Morgan fingerprint density at radius 1 is 1.22 bits per heavy atom. The van der Waals surface area contributed by atoms with Gasteiger partial charge in [0, 0.05) is 24.1 Å². The fourth-order valence-corrected chi connectivity index (χ4v) is 2.70. The minimum atomic E-state index is 0.370. The second kappa shape index (κ2) is 4.01. The lowest BCUT2D eigenvalue weighted by Gasteiger charge is -2.27. The molecule has 1 aromatic heterocycles. The van der Waals surface area contributed by atoms with Crippen LogP contribution in [0.1, 0.15) is 36.6 Å². The normalized spacial score (nSPS) is 22.7. The zero-order valence-corrected chi connectivity index (χ0v) is 10.4. The third kappa shape index (κ3) is 1.81. The number of fused-ring (bicyclic) bond motifs is 1. The van der Waals surface area contributed by atoms with Crippen molar-refractivity contribution >= 4 is 11.6 Å². The molecule has 2 heterocycles. The lowest BCUT2D eigenvalue weighted by molar-refractivity contribution is 0.382. The summed E-state index contributed by atoms with van der Waals surface area (Å²) in [6, 6.07) is 8.09. The maximum Gasteiger partial charge on any atom is 0.239 e. The number of benzene rings is 1. The van der Waals surface area contributed by atoms with E-state index < -0.39 is 0 Å². The van der Waals surface area contributed by atoms with Crippen LogP contribution in [0.15, 0.2) is 24.3 Å². The van der Waals surface area contributed by atoms with Gasteiger partial charge in [-0.05, 0) is 24.1 Å². The van der Waals surface area contributed by atoms with Gasteiger partial charge in [0.05, 0.1) is 0 Å². The summed E-state index contributed by atoms with van der Waals surface area (Å²) in [6.45, 7) is 3.01. The van der Waals surface area contributed by atoms with Crippen molar-refractivity contribution in [3.63, 3.8) is 0 Å². The van der Waals surface area contributed by atoms with Gasteiger partial charge in [0.1, 0.15) is 5.82 Å². The molecule has 1 aromatic carbocycles. The molecular weight excluding hydrogens is 226 g/mol. The molecule has 0 saturated carbocycles. The average Bonchev–Trinajstić information content (AvgIpc) is 2.71. The largest absolute Gasteiger partial charge is 0.399 e. The van der Waals surface area contributed by atoms with Gasteiger partial charge in [0.2, 0.25) is 5.95 Å². The predicted molar refractivity (Wildman–Crippen MR) is 71.1 cm³/mol. The van der Waals surface area contributed by atoms with Crippen LogP contribution in [0.25, 0.3) is 0 Å². The molecular formula is C13H17N5. The maximum atomic E-state index is 5.72. The van der Waals surface area contributed by atoms with Crippen LogP contribution < -0.4 is 11.5 Å². The van der Waals surface area contributed by atoms with E-state index in [-0.39, 0.29) is 0 Å². The Balaban J connectivity index is 1.91. The summed E-state index contributed by atoms with van der Waals surface area (Å²) in [5.74, 6) is 2.20. The summed E-state index contributed by atoms with van der Waals surface area (Å²) in [5, 5.41) is 4.25. The summed E-state index contributed by atoms with van der Waals surface area (Å²) in [6.07, 6.45) is 1.07. The van der Waals surface area contributed by atoms with E-state index in [1.807, 2.05) is 16.8 Å². The molecule has 0 aliphatic carbocycles. The Kier molecular flexibility index (Phi) is 2.47. The van der Waals surface area contributed by atoms with Crippen LogP contribution in [-0.2, 0) is 6.54 Å². The van der Waals surface area contributed by atoms with Gasteiger partial charge >= 0.3 is 0 Å². The van der Waals surface area contributed by atoms with E-state index in [0.29, 0.717) is 17.8 Å². The molecule has 18 heavy (non-hydrogen) atoms. The Labute approximate surface area is 106 Å². The SMILES string of the molecule is CC1CC(c2ccc(N)cc2)Cn2nc(N)nc21. The smallest absolute Gasteiger partial charge is 0.239 e. The summed E-state index contributed by atoms with van der Waals surface area (Å²) in [4.78, 5) is 4.28. The number of nitrogens with zero attached hydrogens (tertiary/aromatic N) is 3. The van der Waals surface area contributed by atoms with Crippen molar-refractivity contribution in [3.8, 4) is 0 Å². The highest BCUT2D eigenvalue weighted by atomic mass is 15.4. The van der Waals surface area contributed by atoms with Crippen LogP contribution in [0, 0.1) is 0 Å². The van der Waals surface area contributed by atoms with Crippen LogP contribution in [0.4, 0.5) is 11.6 Å². The number of hydrogen-bond donors (Lipinski definition) is 2. The van der Waals surface area contributed by atoms with Gasteiger partial charge < -0.3 is 11.5 Å². The molecule has 0 amide bonds. The predicted octanol–water partition coefficient (Wildman–Crippen LogP) is 1.73. The van der Waals surface area contributed by atoms with E-state index in [2.05, 4.69) is 29.1 Å². The zero-order chi connectivity index (χ0) is 12.7. The van der Waals surface area contributed by atoms with Crippen molar-refractivity contribution in [1.82, 2.24) is 14.8 Å². The summed E-state index contributed by atoms with van der Waals surface area (Å²) >= 11 is 0. The third-order valence-corrected chi connectivity index (χ3v) is 3.60. The van der Waals surface area contributed by atoms with Crippen LogP contribution in [0.3, 0.4) is 0 Å². The lowest BCUT2D eigenvalue weighted by Crippen LogP contribution is -2.22. The molecule has 0 spiro atoms. The fraction of sp³-hybridized carbons (Fsp3) is 0.385. The first-order valence-corrected chi connectivity index (χ1v) is 6.19. The first-order chi connectivity index (χ1) is 8.63. The molecule has 0 saturated heterocycles. The van der Waals surface area contributed by atoms with Gasteiger partial charge in [-0.15, -0.1) is 5.10 Å². The molecule has 1 aliphatic heterocycles. The monoisotopic (exact) mass is 243 g/mol. The van der Waals surface area contributed by atoms with Crippen molar-refractivity contribution in [2.24, 2.45) is 0 Å². The first-order valence-electron chi connectivity index (χ1n) is 6.19. The van der Waals surface area contributed by atoms with Gasteiger partial charge in [0.15, 0.2) is 0 Å². The average molecular weight is 243 g/mol. The van der Waals surface area contributed by atoms with Gasteiger partial charge in [-0.1, -0.05) is 19.1 Å². The quantitative estimate of drug-likeness (QED) is 0.747. The standard InChI is InChI=1S/C13H17N5/c1-8-6-10(9-2-4-11(14)5-3-9)7-18-12(8)16-13(15)17-18/h2-5,8,10H,6-7,14H2,1H3,(H2,15,17). The highest BCUT2D eigenvalue weighted by molar-refractivity contribution is 5.40. The molecule has 2 atom stereocenters. The van der Waals surface area contributed by atoms with E-state index in [0.717, 1.165) is 24.5 Å². The van der Waals surface area contributed by atoms with E-state index >= 15 is 0 Å². The van der Waals surface area contributed by atoms with E-state index in [9.17, 15) is 0 Å². The highest BCUT2D eigenvalue weighted by Crippen LogP contribution is 2.35. The van der Waals surface area contributed by atoms with E-state index in [4.69, 9.17) is 11.5 Å². The molecule has 1 aliphatic rings. The topological polar surface area (TPSA) is 82.8 Å². The van der Waals surface area contributed by atoms with Crippen LogP contribution in [0.2, 0.25) is 0 Å². The van der Waals surface area contributed by atoms with Gasteiger partial charge in [0.25, 0.3) is 0 Å². The number of aromatic nitrogens is 3. The molecule has 0 fully saturated rings. The molecule has 94 valence electrons. The number of anilines is 2. The minimum absolute atomic E-state index is 0.370. The number of nitrogens with two attached hydrogens (primary N) is 2. The summed E-state index contributed by atoms with van der Waals surface area (Å²) in [5.41, 5.74) is 13.5. The van der Waals surface area contributed by atoms with E-state index in [1.54, 1.807) is 0 Å². The van der Waals surface area contributed by atoms with Crippen molar-refractivity contribution in [3.05, 3.63) is 35.7 Å². The van der Waals surface area contributed by atoms with Crippen molar-refractivity contribution in [2.45, 2.75) is 31.7 Å². The van der Waals surface area contributed by atoms with Crippen LogP contribution >= 0.6 is 0 Å². The molecule has 2 aromatic rings. The Morgan fingerprint density at radius 3 is 2.67 bits per heavy atom. The lowest BCUT2D eigenvalue weighted by atomic mass is 9.86. The molecule has 0 radical (unpaired) electrons. The molecule has 4 N–H and O–H groups in total. The number of hydrogen-bond acceptors (Lipinski definition) is 4. The minimum Gasteiger partial charge on any atom is -0.399 e. The molecule has 5 nitrogen and oxygen atoms in total. The van der Waals surface area contributed by atoms with Crippen molar-refractivity contribution in [1.29, 1.82) is 0 Å². The van der Waals surface area contributed by atoms with Crippen LogP contribution in [0.5, 0.6) is 0 Å². The summed E-state index contributed by atoms with van der Waals surface area (Å²) in [7, 11) is 0. The number of rotatable bonds is 1. The molecule has 0 bridgehead atoms. The third-order valence-electron chi connectivity index (χ3n) is 3.60. The number of nitrogen functional groups attached to an aromatic ring is 2. The second-order valence-corrected chi connectivity index (χ2v) is 5.01. The van der Waals surface area contributed by atoms with Gasteiger partial charge in [-0.3, -0.25) is 0 Å². The summed E-state index contributed by atoms with van der Waals surface area (Å²) < 4.78 is 1.94. The van der Waals surface area contributed by atoms with Crippen LogP contribution in [-0.4, -0.2) is 14.8 Å². The second-order valence-electron chi connectivity index (χ2n) is 5.01. The van der Waals surface area contributed by atoms with E-state index in [1.165, 1.54) is 5.56 Å². The Morgan fingerprint density at radius 2 is 1.94 bits per heavy atom. The molecule has 5 heteroatoms. The zero-order valence-electron chi connectivity index (χ0n) is 10.4. The Hall–Kier alpha value is -2.04. The van der Waals surface area contributed by atoms with Gasteiger partial charge in [-0.25, -0.2) is 4.68 Å². The van der Waals surface area contributed by atoms with Crippen molar-refractivity contribution < 1.29 is 0 Å². The molecule has 2 unspecified atom stereocenters. The maximum absolute atomic E-state index is 5.72. The molecule has 3 rings (SSSR count).